The number of hydrogen-bond donors (Lipinski definition) is 2. The normalized spacial score (nSPS) is 14.3. The van der Waals surface area contributed by atoms with E-state index in [4.69, 9.17) is 4.74 Å². The third-order valence-corrected chi connectivity index (χ3v) is 7.42. The number of nitrogens with one attached hydrogen (secondary N) is 2. The van der Waals surface area contributed by atoms with Gasteiger partial charge in [0.2, 0.25) is 10.0 Å². The summed E-state index contributed by atoms with van der Waals surface area (Å²) in [5.41, 5.74) is 0.929. The molecule has 3 heterocycles. The quantitative estimate of drug-likeness (QED) is 0.523. The molecule has 1 aliphatic rings. The number of sulfonamides is 1. The lowest BCUT2D eigenvalue weighted by atomic mass is 10.2. The number of ether oxygens (including phenoxy) is 1. The summed E-state index contributed by atoms with van der Waals surface area (Å²) in [6.07, 6.45) is 2.24. The molecule has 0 spiro atoms. The molecular formula is C22H24N4O4S2. The maximum atomic E-state index is 12.5. The van der Waals surface area contributed by atoms with Gasteiger partial charge in [-0.05, 0) is 54.3 Å². The maximum Gasteiger partial charge on any atom is 0.255 e. The molecule has 0 atom stereocenters. The Balaban J connectivity index is 1.33. The Morgan fingerprint density at radius 2 is 1.88 bits per heavy atom. The van der Waals surface area contributed by atoms with E-state index in [1.807, 2.05) is 23.6 Å². The van der Waals surface area contributed by atoms with Crippen molar-refractivity contribution in [3.63, 3.8) is 0 Å². The van der Waals surface area contributed by atoms with Crippen LogP contribution in [0.25, 0.3) is 0 Å². The molecule has 168 valence electrons. The van der Waals surface area contributed by atoms with E-state index < -0.39 is 10.0 Å². The largest absolute Gasteiger partial charge is 0.378 e. The zero-order valence-electron chi connectivity index (χ0n) is 17.4. The number of amides is 1. The molecular weight excluding hydrogens is 448 g/mol. The van der Waals surface area contributed by atoms with Crippen LogP contribution >= 0.6 is 11.3 Å². The van der Waals surface area contributed by atoms with Gasteiger partial charge >= 0.3 is 0 Å². The standard InChI is InChI=1S/C22H24N4O4S2/c27-22(25-18-5-8-21(23-16-18)26-11-13-30-14-12-26)17-3-6-20(7-4-17)32(28,29)24-10-9-19-2-1-15-31-19/h1-8,15-16,24H,9-14H2,(H,25,27). The molecule has 1 fully saturated rings. The molecule has 2 aromatic heterocycles. The molecule has 32 heavy (non-hydrogen) atoms. The summed E-state index contributed by atoms with van der Waals surface area (Å²) in [6.45, 7) is 3.25. The molecule has 1 aliphatic heterocycles. The minimum atomic E-state index is -3.63. The first-order chi connectivity index (χ1) is 15.5. The summed E-state index contributed by atoms with van der Waals surface area (Å²) >= 11 is 1.59. The van der Waals surface area contributed by atoms with Gasteiger partial charge in [0, 0.05) is 30.1 Å². The lowest BCUT2D eigenvalue weighted by molar-refractivity contribution is 0.102. The van der Waals surface area contributed by atoms with Crippen LogP contribution in [0.1, 0.15) is 15.2 Å². The third kappa shape index (κ3) is 5.71. The molecule has 0 unspecified atom stereocenters. The monoisotopic (exact) mass is 472 g/mol. The minimum absolute atomic E-state index is 0.122. The lowest BCUT2D eigenvalue weighted by Gasteiger charge is -2.27. The molecule has 2 N–H and O–H groups in total. The fourth-order valence-electron chi connectivity index (χ4n) is 3.27. The van der Waals surface area contributed by atoms with Crippen LogP contribution in [0.15, 0.2) is 65.0 Å². The summed E-state index contributed by atoms with van der Waals surface area (Å²) in [7, 11) is -3.63. The van der Waals surface area contributed by atoms with E-state index in [0.29, 0.717) is 37.4 Å². The van der Waals surface area contributed by atoms with Gasteiger partial charge in [-0.2, -0.15) is 0 Å². The average Bonchev–Trinajstić information content (AvgIpc) is 3.34. The first kappa shape index (κ1) is 22.4. The highest BCUT2D eigenvalue weighted by Gasteiger charge is 2.16. The number of hydrogen-bond acceptors (Lipinski definition) is 7. The number of rotatable bonds is 8. The number of carbonyl (C=O) groups excluding carboxylic acids is 1. The van der Waals surface area contributed by atoms with Crippen molar-refractivity contribution in [3.8, 4) is 0 Å². The molecule has 0 saturated carbocycles. The van der Waals surface area contributed by atoms with Crippen molar-refractivity contribution in [2.75, 3.05) is 43.1 Å². The Morgan fingerprint density at radius 3 is 2.53 bits per heavy atom. The Labute approximate surface area is 191 Å². The average molecular weight is 473 g/mol. The summed E-state index contributed by atoms with van der Waals surface area (Å²) in [5.74, 6) is 0.507. The van der Waals surface area contributed by atoms with Gasteiger partial charge in [0.15, 0.2) is 0 Å². The van der Waals surface area contributed by atoms with Crippen LogP contribution in [-0.2, 0) is 21.2 Å². The number of benzene rings is 1. The van der Waals surface area contributed by atoms with Gasteiger partial charge in [-0.3, -0.25) is 4.79 Å². The second kappa shape index (κ2) is 10.2. The number of aromatic nitrogens is 1. The third-order valence-electron chi connectivity index (χ3n) is 5.01. The second-order valence-electron chi connectivity index (χ2n) is 7.21. The van der Waals surface area contributed by atoms with Crippen LogP contribution in [0, 0.1) is 0 Å². The Hall–Kier alpha value is -2.79. The Morgan fingerprint density at radius 1 is 1.09 bits per heavy atom. The van der Waals surface area contributed by atoms with Gasteiger partial charge in [0.1, 0.15) is 5.82 Å². The molecule has 0 bridgehead atoms. The Bertz CT molecular complexity index is 1130. The highest BCUT2D eigenvalue weighted by Crippen LogP contribution is 2.17. The van der Waals surface area contributed by atoms with E-state index in [0.717, 1.165) is 23.8 Å². The number of anilines is 2. The second-order valence-corrected chi connectivity index (χ2v) is 10.0. The number of carbonyl (C=O) groups is 1. The lowest BCUT2D eigenvalue weighted by Crippen LogP contribution is -2.36. The highest BCUT2D eigenvalue weighted by atomic mass is 32.2. The minimum Gasteiger partial charge on any atom is -0.378 e. The molecule has 1 saturated heterocycles. The van der Waals surface area contributed by atoms with E-state index in [1.54, 1.807) is 23.6 Å². The molecule has 3 aromatic rings. The smallest absolute Gasteiger partial charge is 0.255 e. The number of pyridine rings is 1. The van der Waals surface area contributed by atoms with Crippen LogP contribution in [-0.4, -0.2) is 52.2 Å². The van der Waals surface area contributed by atoms with Crippen molar-refractivity contribution >= 4 is 38.8 Å². The van der Waals surface area contributed by atoms with E-state index in [1.165, 1.54) is 24.3 Å². The van der Waals surface area contributed by atoms with Gasteiger partial charge < -0.3 is 15.0 Å². The van der Waals surface area contributed by atoms with Crippen molar-refractivity contribution in [3.05, 3.63) is 70.5 Å². The maximum absolute atomic E-state index is 12.5. The molecule has 0 radical (unpaired) electrons. The molecule has 1 amide bonds. The van der Waals surface area contributed by atoms with Gasteiger partial charge in [0.05, 0.1) is 30.0 Å². The summed E-state index contributed by atoms with van der Waals surface area (Å²) in [6, 6.07) is 13.4. The van der Waals surface area contributed by atoms with Crippen LogP contribution < -0.4 is 14.9 Å². The van der Waals surface area contributed by atoms with Crippen LogP contribution in [0.5, 0.6) is 0 Å². The first-order valence-corrected chi connectivity index (χ1v) is 12.6. The fraction of sp³-hybridized carbons (Fsp3) is 0.273. The molecule has 0 aliphatic carbocycles. The predicted molar refractivity (Wildman–Crippen MR) is 125 cm³/mol. The van der Waals surface area contributed by atoms with Gasteiger partial charge in [-0.1, -0.05) is 6.07 Å². The van der Waals surface area contributed by atoms with Crippen molar-refractivity contribution in [1.29, 1.82) is 0 Å². The van der Waals surface area contributed by atoms with Crippen molar-refractivity contribution in [2.24, 2.45) is 0 Å². The summed E-state index contributed by atoms with van der Waals surface area (Å²) in [5, 5.41) is 4.75. The summed E-state index contributed by atoms with van der Waals surface area (Å²) in [4.78, 5) is 20.3. The Kier molecular flexibility index (Phi) is 7.15. The number of nitrogens with zero attached hydrogens (tertiary/aromatic N) is 2. The first-order valence-electron chi connectivity index (χ1n) is 10.2. The van der Waals surface area contributed by atoms with E-state index in [2.05, 4.69) is 19.9 Å². The van der Waals surface area contributed by atoms with Crippen LogP contribution in [0.4, 0.5) is 11.5 Å². The molecule has 10 heteroatoms. The van der Waals surface area contributed by atoms with Crippen molar-refractivity contribution in [1.82, 2.24) is 9.71 Å². The predicted octanol–water partition coefficient (Wildman–Crippen LogP) is 2.75. The SMILES string of the molecule is O=C(Nc1ccc(N2CCOCC2)nc1)c1ccc(S(=O)(=O)NCCc2cccs2)cc1. The molecule has 4 rings (SSSR count). The highest BCUT2D eigenvalue weighted by molar-refractivity contribution is 7.89. The fourth-order valence-corrected chi connectivity index (χ4v) is 5.02. The van der Waals surface area contributed by atoms with E-state index in [9.17, 15) is 13.2 Å². The van der Waals surface area contributed by atoms with Gasteiger partial charge in [0.25, 0.3) is 5.91 Å². The molecule has 8 nitrogen and oxygen atoms in total. The van der Waals surface area contributed by atoms with Gasteiger partial charge in [-0.15, -0.1) is 11.3 Å². The number of thiophene rings is 1. The number of morpholine rings is 1. The van der Waals surface area contributed by atoms with E-state index >= 15 is 0 Å². The molecule has 1 aromatic carbocycles. The topological polar surface area (TPSA) is 101 Å². The van der Waals surface area contributed by atoms with Crippen molar-refractivity contribution < 1.29 is 17.9 Å². The zero-order chi connectivity index (χ0) is 22.4. The van der Waals surface area contributed by atoms with Crippen molar-refractivity contribution in [2.45, 2.75) is 11.3 Å². The van der Waals surface area contributed by atoms with E-state index in [-0.39, 0.29) is 10.8 Å². The van der Waals surface area contributed by atoms with Crippen LogP contribution in [0.2, 0.25) is 0 Å². The van der Waals surface area contributed by atoms with Gasteiger partial charge in [-0.25, -0.2) is 18.1 Å². The summed E-state index contributed by atoms with van der Waals surface area (Å²) < 4.78 is 32.9. The zero-order valence-corrected chi connectivity index (χ0v) is 19.0. The van der Waals surface area contributed by atoms with Crippen LogP contribution in [0.3, 0.4) is 0 Å².